The first-order valence-corrected chi connectivity index (χ1v) is 5.65. The van der Waals surface area contributed by atoms with Crippen molar-refractivity contribution in [3.8, 4) is 0 Å². The van der Waals surface area contributed by atoms with Gasteiger partial charge in [-0.2, -0.15) is 0 Å². The number of aryl methyl sites for hydroxylation is 1. The molecule has 0 spiro atoms. The quantitative estimate of drug-likeness (QED) is 0.873. The Hall–Kier alpha value is -1.87. The van der Waals surface area contributed by atoms with Gasteiger partial charge in [-0.25, -0.2) is 0 Å². The van der Waals surface area contributed by atoms with Crippen LogP contribution in [-0.2, 0) is 13.0 Å². The van der Waals surface area contributed by atoms with Crippen LogP contribution in [0, 0.1) is 0 Å². The van der Waals surface area contributed by atoms with Crippen molar-refractivity contribution >= 4 is 5.91 Å². The molecule has 17 heavy (non-hydrogen) atoms. The zero-order valence-corrected chi connectivity index (χ0v) is 9.54. The molecule has 0 aliphatic rings. The molecule has 1 aromatic carbocycles. The third kappa shape index (κ3) is 2.82. The molecule has 2 rings (SSSR count). The predicted molar refractivity (Wildman–Crippen MR) is 65.7 cm³/mol. The molecule has 2 aromatic rings. The maximum atomic E-state index is 11.9. The lowest BCUT2D eigenvalue weighted by Gasteiger charge is -2.05. The highest BCUT2D eigenvalue weighted by molar-refractivity contribution is 5.80. The van der Waals surface area contributed by atoms with E-state index >= 15 is 0 Å². The van der Waals surface area contributed by atoms with Crippen molar-refractivity contribution in [2.45, 2.75) is 19.4 Å². The molecule has 0 atom stereocenters. The molecule has 3 nitrogen and oxygen atoms in total. The fraction of sp³-hybridized carbons (Fsp3) is 0.214. The molecule has 0 amide bonds. The number of hydrogen-bond donors (Lipinski definition) is 1. The van der Waals surface area contributed by atoms with Gasteiger partial charge in [0.25, 0.3) is 0 Å². The van der Waals surface area contributed by atoms with E-state index in [9.17, 15) is 4.79 Å². The summed E-state index contributed by atoms with van der Waals surface area (Å²) in [7, 11) is 0. The number of carbonyl (C=O) groups is 1. The molecule has 0 bridgehead atoms. The molecule has 0 saturated heterocycles. The van der Waals surface area contributed by atoms with Crippen LogP contribution in [0.15, 0.2) is 48.7 Å². The second-order valence-electron chi connectivity index (χ2n) is 3.91. The summed E-state index contributed by atoms with van der Waals surface area (Å²) >= 11 is 0. The van der Waals surface area contributed by atoms with Crippen molar-refractivity contribution in [3.05, 3.63) is 59.9 Å². The third-order valence-electron chi connectivity index (χ3n) is 2.73. The monoisotopic (exact) mass is 229 g/mol. The number of aliphatic hydroxyl groups is 1. The van der Waals surface area contributed by atoms with Crippen LogP contribution in [0.2, 0.25) is 0 Å². The lowest BCUT2D eigenvalue weighted by atomic mass is 10.1. The van der Waals surface area contributed by atoms with Crippen LogP contribution in [0.5, 0.6) is 0 Å². The molecule has 1 heterocycles. The smallest absolute Gasteiger partial charge is 0.231 e. The van der Waals surface area contributed by atoms with Gasteiger partial charge in [-0.05, 0) is 24.1 Å². The van der Waals surface area contributed by atoms with Gasteiger partial charge in [-0.1, -0.05) is 30.3 Å². The van der Waals surface area contributed by atoms with E-state index in [1.165, 1.54) is 4.57 Å². The highest BCUT2D eigenvalue weighted by Gasteiger charge is 2.08. The van der Waals surface area contributed by atoms with Crippen molar-refractivity contribution in [1.82, 2.24) is 4.57 Å². The molecular weight excluding hydrogens is 214 g/mol. The van der Waals surface area contributed by atoms with Crippen LogP contribution in [0.4, 0.5) is 0 Å². The van der Waals surface area contributed by atoms with E-state index in [0.29, 0.717) is 12.1 Å². The van der Waals surface area contributed by atoms with Gasteiger partial charge < -0.3 is 5.11 Å². The number of benzene rings is 1. The second-order valence-corrected chi connectivity index (χ2v) is 3.91. The number of nitrogens with zero attached hydrogens (tertiary/aromatic N) is 1. The summed E-state index contributed by atoms with van der Waals surface area (Å²) in [5, 5.41) is 9.07. The zero-order chi connectivity index (χ0) is 12.1. The van der Waals surface area contributed by atoms with E-state index < -0.39 is 0 Å². The lowest BCUT2D eigenvalue weighted by Crippen LogP contribution is -2.13. The average molecular weight is 229 g/mol. The van der Waals surface area contributed by atoms with Crippen molar-refractivity contribution in [2.75, 3.05) is 0 Å². The Balaban J connectivity index is 1.98. The molecule has 0 fully saturated rings. The minimum Gasteiger partial charge on any atom is -0.390 e. The van der Waals surface area contributed by atoms with E-state index in [-0.39, 0.29) is 12.5 Å². The molecule has 0 radical (unpaired) electrons. The summed E-state index contributed by atoms with van der Waals surface area (Å²) < 4.78 is 1.52. The standard InChI is InChI=1S/C14H15NO2/c16-11-13-7-4-10-15(13)14(17)9-8-12-5-2-1-3-6-12/h1-7,10,16H,8-9,11H2. The normalized spacial score (nSPS) is 10.4. The van der Waals surface area contributed by atoms with Gasteiger partial charge in [-0.3, -0.25) is 9.36 Å². The molecule has 0 aliphatic heterocycles. The van der Waals surface area contributed by atoms with Crippen LogP contribution in [0.1, 0.15) is 22.5 Å². The van der Waals surface area contributed by atoms with Crippen molar-refractivity contribution < 1.29 is 9.90 Å². The maximum absolute atomic E-state index is 11.9. The summed E-state index contributed by atoms with van der Waals surface area (Å²) in [4.78, 5) is 11.9. The molecule has 3 heteroatoms. The van der Waals surface area contributed by atoms with Gasteiger partial charge in [0.1, 0.15) is 0 Å². The van der Waals surface area contributed by atoms with E-state index in [1.54, 1.807) is 18.3 Å². The number of aliphatic hydroxyl groups excluding tert-OH is 1. The van der Waals surface area contributed by atoms with Gasteiger partial charge in [0, 0.05) is 12.6 Å². The number of carbonyl (C=O) groups excluding carboxylic acids is 1. The Kier molecular flexibility index (Phi) is 3.73. The van der Waals surface area contributed by atoms with E-state index in [0.717, 1.165) is 12.0 Å². The lowest BCUT2D eigenvalue weighted by molar-refractivity contribution is 0.0894. The number of hydrogen-bond acceptors (Lipinski definition) is 2. The van der Waals surface area contributed by atoms with Gasteiger partial charge in [0.2, 0.25) is 5.91 Å². The highest BCUT2D eigenvalue weighted by Crippen LogP contribution is 2.07. The SMILES string of the molecule is O=C(CCc1ccccc1)n1cccc1CO. The first-order valence-electron chi connectivity index (χ1n) is 5.65. The largest absolute Gasteiger partial charge is 0.390 e. The van der Waals surface area contributed by atoms with Crippen molar-refractivity contribution in [2.24, 2.45) is 0 Å². The Bertz CT molecular complexity index is 488. The van der Waals surface area contributed by atoms with Crippen LogP contribution >= 0.6 is 0 Å². The highest BCUT2D eigenvalue weighted by atomic mass is 16.3. The fourth-order valence-corrected chi connectivity index (χ4v) is 1.80. The Morgan fingerprint density at radius 3 is 2.59 bits per heavy atom. The van der Waals surface area contributed by atoms with Gasteiger partial charge in [0.05, 0.1) is 12.3 Å². The maximum Gasteiger partial charge on any atom is 0.231 e. The minimum absolute atomic E-state index is 0.0166. The van der Waals surface area contributed by atoms with Crippen LogP contribution in [-0.4, -0.2) is 15.6 Å². The molecule has 0 aliphatic carbocycles. The Labute approximate surface area is 100 Å². The third-order valence-corrected chi connectivity index (χ3v) is 2.73. The Morgan fingerprint density at radius 2 is 1.88 bits per heavy atom. The van der Waals surface area contributed by atoms with Gasteiger partial charge in [0.15, 0.2) is 0 Å². The molecule has 1 N–H and O–H groups in total. The zero-order valence-electron chi connectivity index (χ0n) is 9.54. The summed E-state index contributed by atoms with van der Waals surface area (Å²) in [6, 6.07) is 13.4. The summed E-state index contributed by atoms with van der Waals surface area (Å²) in [6.07, 6.45) is 2.87. The minimum atomic E-state index is -0.107. The van der Waals surface area contributed by atoms with Gasteiger partial charge >= 0.3 is 0 Å². The van der Waals surface area contributed by atoms with E-state index in [4.69, 9.17) is 5.11 Å². The predicted octanol–water partition coefficient (Wildman–Crippen LogP) is 2.25. The summed E-state index contributed by atoms with van der Waals surface area (Å²) in [5.74, 6) is 0.0166. The second kappa shape index (κ2) is 5.46. The number of aromatic nitrogens is 1. The Morgan fingerprint density at radius 1 is 1.12 bits per heavy atom. The molecular formula is C14H15NO2. The van der Waals surface area contributed by atoms with E-state index in [2.05, 4.69) is 0 Å². The molecule has 0 saturated carbocycles. The summed E-state index contributed by atoms with van der Waals surface area (Å²) in [5.41, 5.74) is 1.79. The van der Waals surface area contributed by atoms with E-state index in [1.807, 2.05) is 30.3 Å². The van der Waals surface area contributed by atoms with Crippen LogP contribution in [0.3, 0.4) is 0 Å². The van der Waals surface area contributed by atoms with Crippen molar-refractivity contribution in [1.29, 1.82) is 0 Å². The fourth-order valence-electron chi connectivity index (χ4n) is 1.80. The molecule has 88 valence electrons. The molecule has 0 unspecified atom stereocenters. The summed E-state index contributed by atoms with van der Waals surface area (Å²) in [6.45, 7) is -0.107. The van der Waals surface area contributed by atoms with Crippen LogP contribution in [0.25, 0.3) is 0 Å². The number of rotatable bonds is 4. The molecule has 1 aromatic heterocycles. The van der Waals surface area contributed by atoms with Crippen LogP contribution < -0.4 is 0 Å². The first kappa shape index (κ1) is 11.6. The average Bonchev–Trinajstić information content (AvgIpc) is 2.85. The topological polar surface area (TPSA) is 42.2 Å². The van der Waals surface area contributed by atoms with Crippen molar-refractivity contribution in [3.63, 3.8) is 0 Å². The first-order chi connectivity index (χ1) is 8.31. The van der Waals surface area contributed by atoms with Gasteiger partial charge in [-0.15, -0.1) is 0 Å².